The van der Waals surface area contributed by atoms with E-state index in [1.54, 1.807) is 30.3 Å². The van der Waals surface area contributed by atoms with Crippen LogP contribution in [0.15, 0.2) is 65.4 Å². The van der Waals surface area contributed by atoms with E-state index < -0.39 is 17.6 Å². The third kappa shape index (κ3) is 5.07. The van der Waals surface area contributed by atoms with Crippen LogP contribution < -0.4 is 15.4 Å². The summed E-state index contributed by atoms with van der Waals surface area (Å²) in [4.78, 5) is 15.5. The molecular weight excluding hydrogens is 395 g/mol. The molecule has 0 fully saturated rings. The highest BCUT2D eigenvalue weighted by Crippen LogP contribution is 2.30. The molecule has 0 aliphatic heterocycles. The summed E-state index contributed by atoms with van der Waals surface area (Å²) in [6.07, 6.45) is -2.38. The number of anilines is 1. The molecule has 0 spiro atoms. The number of furan rings is 1. The second kappa shape index (κ2) is 8.09. The summed E-state index contributed by atoms with van der Waals surface area (Å²) in [5, 5.41) is 5.34. The van der Waals surface area contributed by atoms with Crippen LogP contribution in [-0.2, 0) is 6.18 Å². The maximum Gasteiger partial charge on any atom is 0.417 e. The molecule has 3 aromatic rings. The van der Waals surface area contributed by atoms with Crippen molar-refractivity contribution in [3.8, 4) is 11.6 Å². The quantitative estimate of drug-likeness (QED) is 0.615. The smallest absolute Gasteiger partial charge is 0.417 e. The first-order valence-electron chi connectivity index (χ1n) is 7.78. The molecule has 0 unspecified atom stereocenters. The highest BCUT2D eigenvalue weighted by Gasteiger charge is 2.30. The van der Waals surface area contributed by atoms with Gasteiger partial charge >= 0.3 is 6.18 Å². The molecule has 2 heterocycles. The van der Waals surface area contributed by atoms with Gasteiger partial charge in [-0.15, -0.1) is 0 Å². The number of nitrogens with one attached hydrogen (secondary N) is 2. The highest BCUT2D eigenvalue weighted by molar-refractivity contribution is 7.80. The lowest BCUT2D eigenvalue weighted by Gasteiger charge is -2.10. The highest BCUT2D eigenvalue weighted by atomic mass is 32.1. The summed E-state index contributed by atoms with van der Waals surface area (Å²) in [5.74, 6) is 0.0195. The zero-order valence-electron chi connectivity index (χ0n) is 14.0. The number of thiocarbonyl (C=S) groups is 1. The van der Waals surface area contributed by atoms with Crippen LogP contribution in [0, 0.1) is 0 Å². The SMILES string of the molecule is O=C(NC(=S)Nc1ccc(Oc2ccc(C(F)(F)F)cn2)cc1)c1ccco1. The number of alkyl halides is 3. The van der Waals surface area contributed by atoms with Crippen molar-refractivity contribution < 1.29 is 27.1 Å². The van der Waals surface area contributed by atoms with E-state index in [4.69, 9.17) is 21.4 Å². The molecule has 144 valence electrons. The number of carbonyl (C=O) groups is 1. The monoisotopic (exact) mass is 407 g/mol. The summed E-state index contributed by atoms with van der Waals surface area (Å²) in [7, 11) is 0. The Balaban J connectivity index is 1.56. The van der Waals surface area contributed by atoms with Crippen molar-refractivity contribution in [3.63, 3.8) is 0 Å². The van der Waals surface area contributed by atoms with Gasteiger partial charge in [-0.05, 0) is 54.7 Å². The van der Waals surface area contributed by atoms with Crippen molar-refractivity contribution >= 4 is 28.9 Å². The van der Waals surface area contributed by atoms with Gasteiger partial charge in [-0.25, -0.2) is 4.98 Å². The Morgan fingerprint density at radius 3 is 2.43 bits per heavy atom. The van der Waals surface area contributed by atoms with Crippen LogP contribution in [-0.4, -0.2) is 16.0 Å². The molecular formula is C18H12F3N3O3S. The normalized spacial score (nSPS) is 11.0. The molecule has 1 aromatic carbocycles. The van der Waals surface area contributed by atoms with Gasteiger partial charge in [0.05, 0.1) is 11.8 Å². The Bertz CT molecular complexity index is 956. The number of ether oxygens (including phenoxy) is 1. The molecule has 0 saturated carbocycles. The lowest BCUT2D eigenvalue weighted by atomic mass is 10.3. The zero-order valence-corrected chi connectivity index (χ0v) is 14.8. The van der Waals surface area contributed by atoms with Crippen LogP contribution in [0.25, 0.3) is 0 Å². The predicted octanol–water partition coefficient (Wildman–Crippen LogP) is 4.61. The Morgan fingerprint density at radius 1 is 1.11 bits per heavy atom. The number of carbonyl (C=O) groups excluding carboxylic acids is 1. The number of hydrogen-bond acceptors (Lipinski definition) is 5. The summed E-state index contributed by atoms with van der Waals surface area (Å²) in [5.41, 5.74) is -0.290. The minimum absolute atomic E-state index is 0.0231. The van der Waals surface area contributed by atoms with Crippen molar-refractivity contribution in [2.75, 3.05) is 5.32 Å². The van der Waals surface area contributed by atoms with Gasteiger partial charge in [-0.1, -0.05) is 0 Å². The van der Waals surface area contributed by atoms with Crippen molar-refractivity contribution in [2.24, 2.45) is 0 Å². The van der Waals surface area contributed by atoms with Crippen LogP contribution in [0.1, 0.15) is 16.1 Å². The summed E-state index contributed by atoms with van der Waals surface area (Å²) in [6, 6.07) is 11.5. The Morgan fingerprint density at radius 2 is 1.86 bits per heavy atom. The van der Waals surface area contributed by atoms with Gasteiger partial charge in [-0.3, -0.25) is 10.1 Å². The van der Waals surface area contributed by atoms with Gasteiger partial charge < -0.3 is 14.5 Å². The standard InChI is InChI=1S/C18H12F3N3O3S/c19-18(20,21)11-3-8-15(22-10-11)27-13-6-4-12(5-7-13)23-17(28)24-16(25)14-2-1-9-26-14/h1-10H,(H2,23,24,25,28). The molecule has 28 heavy (non-hydrogen) atoms. The van der Waals surface area contributed by atoms with E-state index in [9.17, 15) is 18.0 Å². The van der Waals surface area contributed by atoms with E-state index in [2.05, 4.69) is 15.6 Å². The lowest BCUT2D eigenvalue weighted by Crippen LogP contribution is -2.33. The number of aromatic nitrogens is 1. The Labute approximate surface area is 162 Å². The predicted molar refractivity (Wildman–Crippen MR) is 98.1 cm³/mol. The molecule has 0 aliphatic carbocycles. The van der Waals surface area contributed by atoms with Crippen molar-refractivity contribution in [1.29, 1.82) is 0 Å². The molecule has 0 radical (unpaired) electrons. The van der Waals surface area contributed by atoms with Crippen LogP contribution >= 0.6 is 12.2 Å². The fraction of sp³-hybridized carbons (Fsp3) is 0.0556. The van der Waals surface area contributed by atoms with Gasteiger partial charge in [0, 0.05) is 18.0 Å². The number of pyridine rings is 1. The van der Waals surface area contributed by atoms with Gasteiger partial charge in [0.1, 0.15) is 5.75 Å². The first-order chi connectivity index (χ1) is 13.3. The van der Waals surface area contributed by atoms with Crippen LogP contribution in [0.4, 0.5) is 18.9 Å². The summed E-state index contributed by atoms with van der Waals surface area (Å²) in [6.45, 7) is 0. The fourth-order valence-electron chi connectivity index (χ4n) is 2.07. The summed E-state index contributed by atoms with van der Waals surface area (Å²) < 4.78 is 47.9. The van der Waals surface area contributed by atoms with Gasteiger partial charge in [0.15, 0.2) is 10.9 Å². The molecule has 0 bridgehead atoms. The molecule has 0 saturated heterocycles. The number of nitrogens with zero attached hydrogens (tertiary/aromatic N) is 1. The van der Waals surface area contributed by atoms with E-state index in [0.29, 0.717) is 17.6 Å². The topological polar surface area (TPSA) is 76.4 Å². The van der Waals surface area contributed by atoms with E-state index in [1.165, 1.54) is 12.3 Å². The largest absolute Gasteiger partial charge is 0.459 e. The molecule has 0 atom stereocenters. The number of benzene rings is 1. The minimum atomic E-state index is -4.45. The van der Waals surface area contributed by atoms with E-state index in [0.717, 1.165) is 12.1 Å². The van der Waals surface area contributed by atoms with Crippen LogP contribution in [0.5, 0.6) is 11.6 Å². The number of hydrogen-bond donors (Lipinski definition) is 2. The van der Waals surface area contributed by atoms with Gasteiger partial charge in [0.2, 0.25) is 5.88 Å². The molecule has 1 amide bonds. The molecule has 10 heteroatoms. The Hall–Kier alpha value is -3.40. The lowest BCUT2D eigenvalue weighted by molar-refractivity contribution is -0.137. The maximum absolute atomic E-state index is 12.5. The zero-order chi connectivity index (χ0) is 20.1. The van der Waals surface area contributed by atoms with Crippen molar-refractivity contribution in [1.82, 2.24) is 10.3 Å². The van der Waals surface area contributed by atoms with Crippen LogP contribution in [0.2, 0.25) is 0 Å². The molecule has 0 aliphatic rings. The molecule has 3 rings (SSSR count). The fourth-order valence-corrected chi connectivity index (χ4v) is 2.28. The number of amides is 1. The van der Waals surface area contributed by atoms with Gasteiger partial charge in [-0.2, -0.15) is 13.2 Å². The first-order valence-corrected chi connectivity index (χ1v) is 8.19. The van der Waals surface area contributed by atoms with E-state index >= 15 is 0 Å². The molecule has 6 nitrogen and oxygen atoms in total. The average molecular weight is 407 g/mol. The van der Waals surface area contributed by atoms with Gasteiger partial charge in [0.25, 0.3) is 5.91 Å². The third-order valence-electron chi connectivity index (χ3n) is 3.37. The second-order valence-corrected chi connectivity index (χ2v) is 5.80. The third-order valence-corrected chi connectivity index (χ3v) is 3.57. The number of rotatable bonds is 4. The average Bonchev–Trinajstić information content (AvgIpc) is 3.18. The minimum Gasteiger partial charge on any atom is -0.459 e. The van der Waals surface area contributed by atoms with Crippen molar-refractivity contribution in [2.45, 2.75) is 6.18 Å². The maximum atomic E-state index is 12.5. The summed E-state index contributed by atoms with van der Waals surface area (Å²) >= 11 is 5.05. The molecule has 2 aromatic heterocycles. The van der Waals surface area contributed by atoms with E-state index in [-0.39, 0.29) is 16.8 Å². The van der Waals surface area contributed by atoms with Crippen LogP contribution in [0.3, 0.4) is 0 Å². The number of halogens is 3. The second-order valence-electron chi connectivity index (χ2n) is 5.39. The van der Waals surface area contributed by atoms with E-state index in [1.807, 2.05) is 0 Å². The first kappa shape index (κ1) is 19.4. The van der Waals surface area contributed by atoms with Crippen molar-refractivity contribution in [3.05, 3.63) is 72.3 Å². The Kier molecular flexibility index (Phi) is 5.59. The molecule has 2 N–H and O–H groups in total.